The van der Waals surface area contributed by atoms with Crippen LogP contribution in [0, 0.1) is 6.92 Å². The van der Waals surface area contributed by atoms with Gasteiger partial charge in [0.2, 0.25) is 5.95 Å². The van der Waals surface area contributed by atoms with Crippen LogP contribution in [0.2, 0.25) is 0 Å². The van der Waals surface area contributed by atoms with E-state index in [1.807, 2.05) is 6.07 Å². The first-order chi connectivity index (χ1) is 10.3. The first-order valence-corrected chi connectivity index (χ1v) is 7.74. The molecule has 1 aliphatic rings. The molecule has 0 bridgehead atoms. The number of rotatable bonds is 3. The first kappa shape index (κ1) is 14.1. The van der Waals surface area contributed by atoms with Crippen LogP contribution in [0.1, 0.15) is 11.1 Å². The summed E-state index contributed by atoms with van der Waals surface area (Å²) in [6.45, 7) is 5.98. The molecule has 2 heterocycles. The van der Waals surface area contributed by atoms with Crippen LogP contribution in [0.4, 0.5) is 11.6 Å². The number of benzene rings is 1. The second kappa shape index (κ2) is 6.31. The Hall–Kier alpha value is -1.81. The lowest BCUT2D eigenvalue weighted by Gasteiger charge is -2.36. The van der Waals surface area contributed by atoms with E-state index < -0.39 is 0 Å². The minimum Gasteiger partial charge on any atom is -0.368 e. The Labute approximate surface area is 130 Å². The Morgan fingerprint density at radius 1 is 1.05 bits per heavy atom. The molecule has 0 spiro atoms. The fraction of sp³-hybridized carbons (Fsp3) is 0.375. The van der Waals surface area contributed by atoms with Gasteiger partial charge in [-0.15, -0.1) is 11.6 Å². The molecule has 110 valence electrons. The SMILES string of the molecule is Cc1cc(N2CCN(c3ncccn3)CC2)ccc1CCl. The molecule has 5 heteroatoms. The van der Waals surface area contributed by atoms with Crippen molar-refractivity contribution in [2.75, 3.05) is 36.0 Å². The molecule has 1 aromatic carbocycles. The summed E-state index contributed by atoms with van der Waals surface area (Å²) in [5.41, 5.74) is 3.74. The third kappa shape index (κ3) is 3.10. The van der Waals surface area contributed by atoms with Crippen LogP contribution < -0.4 is 9.80 Å². The zero-order valence-electron chi connectivity index (χ0n) is 12.2. The first-order valence-electron chi connectivity index (χ1n) is 7.20. The van der Waals surface area contributed by atoms with E-state index in [-0.39, 0.29) is 0 Å². The molecule has 1 fully saturated rings. The van der Waals surface area contributed by atoms with Gasteiger partial charge in [-0.1, -0.05) is 6.07 Å². The van der Waals surface area contributed by atoms with Crippen molar-refractivity contribution in [2.45, 2.75) is 12.8 Å². The summed E-state index contributed by atoms with van der Waals surface area (Å²) >= 11 is 5.92. The highest BCUT2D eigenvalue weighted by Gasteiger charge is 2.19. The number of hydrogen-bond acceptors (Lipinski definition) is 4. The van der Waals surface area contributed by atoms with Crippen molar-refractivity contribution < 1.29 is 0 Å². The van der Waals surface area contributed by atoms with Gasteiger partial charge in [0.25, 0.3) is 0 Å². The number of anilines is 2. The Balaban J connectivity index is 1.67. The number of halogens is 1. The van der Waals surface area contributed by atoms with Gasteiger partial charge in [0.15, 0.2) is 0 Å². The molecule has 2 aromatic rings. The molecule has 0 saturated carbocycles. The van der Waals surface area contributed by atoms with Crippen molar-refractivity contribution in [1.29, 1.82) is 0 Å². The van der Waals surface area contributed by atoms with Gasteiger partial charge in [-0.3, -0.25) is 0 Å². The third-order valence-corrected chi connectivity index (χ3v) is 4.24. The van der Waals surface area contributed by atoms with Crippen molar-refractivity contribution in [3.05, 3.63) is 47.8 Å². The topological polar surface area (TPSA) is 32.3 Å². The van der Waals surface area contributed by atoms with Gasteiger partial charge in [-0.25, -0.2) is 9.97 Å². The molecule has 0 radical (unpaired) electrons. The van der Waals surface area contributed by atoms with Crippen molar-refractivity contribution in [3.63, 3.8) is 0 Å². The van der Waals surface area contributed by atoms with E-state index in [2.05, 4.69) is 44.9 Å². The number of piperazine rings is 1. The number of aromatic nitrogens is 2. The lowest BCUT2D eigenvalue weighted by Crippen LogP contribution is -2.47. The van der Waals surface area contributed by atoms with Gasteiger partial charge in [-0.2, -0.15) is 0 Å². The average molecular weight is 303 g/mol. The molecule has 0 N–H and O–H groups in total. The Morgan fingerprint density at radius 2 is 1.71 bits per heavy atom. The van der Waals surface area contributed by atoms with Gasteiger partial charge in [-0.05, 0) is 36.2 Å². The Kier molecular flexibility index (Phi) is 4.25. The van der Waals surface area contributed by atoms with Crippen LogP contribution in [0.25, 0.3) is 0 Å². The Bertz CT molecular complexity index is 594. The van der Waals surface area contributed by atoms with E-state index in [4.69, 9.17) is 11.6 Å². The van der Waals surface area contributed by atoms with Gasteiger partial charge in [0, 0.05) is 50.1 Å². The van der Waals surface area contributed by atoms with Gasteiger partial charge < -0.3 is 9.80 Å². The predicted octanol–water partition coefficient (Wildman–Crippen LogP) is 2.85. The van der Waals surface area contributed by atoms with Crippen LogP contribution in [-0.4, -0.2) is 36.1 Å². The van der Waals surface area contributed by atoms with Gasteiger partial charge in [0.1, 0.15) is 0 Å². The maximum Gasteiger partial charge on any atom is 0.225 e. The molecule has 1 aliphatic heterocycles. The molecule has 21 heavy (non-hydrogen) atoms. The fourth-order valence-corrected chi connectivity index (χ4v) is 2.95. The van der Waals surface area contributed by atoms with Crippen LogP contribution >= 0.6 is 11.6 Å². The number of alkyl halides is 1. The summed E-state index contributed by atoms with van der Waals surface area (Å²) in [6.07, 6.45) is 3.59. The van der Waals surface area contributed by atoms with Crippen LogP contribution in [-0.2, 0) is 5.88 Å². The maximum absolute atomic E-state index is 5.92. The third-order valence-electron chi connectivity index (χ3n) is 3.95. The minimum absolute atomic E-state index is 0.575. The van der Waals surface area contributed by atoms with Crippen LogP contribution in [0.15, 0.2) is 36.7 Å². The second-order valence-electron chi connectivity index (χ2n) is 5.27. The van der Waals surface area contributed by atoms with Gasteiger partial charge >= 0.3 is 0 Å². The molecule has 1 aromatic heterocycles. The average Bonchev–Trinajstić information content (AvgIpc) is 2.56. The zero-order chi connectivity index (χ0) is 14.7. The molecular formula is C16H19ClN4. The fourth-order valence-electron chi connectivity index (χ4n) is 2.65. The summed E-state index contributed by atoms with van der Waals surface area (Å²) < 4.78 is 0. The number of nitrogens with zero attached hydrogens (tertiary/aromatic N) is 4. The zero-order valence-corrected chi connectivity index (χ0v) is 12.9. The monoisotopic (exact) mass is 302 g/mol. The summed E-state index contributed by atoms with van der Waals surface area (Å²) in [4.78, 5) is 13.3. The van der Waals surface area contributed by atoms with E-state index in [9.17, 15) is 0 Å². The molecule has 1 saturated heterocycles. The Morgan fingerprint density at radius 3 is 2.33 bits per heavy atom. The van der Waals surface area contributed by atoms with E-state index in [1.54, 1.807) is 12.4 Å². The molecular weight excluding hydrogens is 284 g/mol. The summed E-state index contributed by atoms with van der Waals surface area (Å²) in [6, 6.07) is 8.37. The highest BCUT2D eigenvalue weighted by molar-refractivity contribution is 6.17. The standard InChI is InChI=1S/C16H19ClN4/c1-13-11-15(4-3-14(13)12-17)20-7-9-21(10-8-20)16-18-5-2-6-19-16/h2-6,11H,7-10,12H2,1H3. The summed E-state index contributed by atoms with van der Waals surface area (Å²) in [5, 5.41) is 0. The molecule has 4 nitrogen and oxygen atoms in total. The summed E-state index contributed by atoms with van der Waals surface area (Å²) in [7, 11) is 0. The molecule has 0 atom stereocenters. The molecule has 3 rings (SSSR count). The van der Waals surface area contributed by atoms with Gasteiger partial charge in [0.05, 0.1) is 0 Å². The van der Waals surface area contributed by atoms with Crippen molar-refractivity contribution >= 4 is 23.2 Å². The molecule has 0 aliphatic carbocycles. The lowest BCUT2D eigenvalue weighted by molar-refractivity contribution is 0.640. The second-order valence-corrected chi connectivity index (χ2v) is 5.53. The largest absolute Gasteiger partial charge is 0.368 e. The molecule has 0 unspecified atom stereocenters. The van der Waals surface area contributed by atoms with Crippen molar-refractivity contribution in [3.8, 4) is 0 Å². The number of aryl methyl sites for hydroxylation is 1. The summed E-state index contributed by atoms with van der Waals surface area (Å²) in [5.74, 6) is 1.40. The maximum atomic E-state index is 5.92. The quantitative estimate of drug-likeness (QED) is 0.816. The van der Waals surface area contributed by atoms with E-state index >= 15 is 0 Å². The van der Waals surface area contributed by atoms with Crippen molar-refractivity contribution in [1.82, 2.24) is 9.97 Å². The molecule has 0 amide bonds. The van der Waals surface area contributed by atoms with Crippen molar-refractivity contribution in [2.24, 2.45) is 0 Å². The highest BCUT2D eigenvalue weighted by Crippen LogP contribution is 2.22. The lowest BCUT2D eigenvalue weighted by atomic mass is 10.1. The predicted molar refractivity (Wildman–Crippen MR) is 87.2 cm³/mol. The smallest absolute Gasteiger partial charge is 0.225 e. The van der Waals surface area contributed by atoms with E-state index in [0.717, 1.165) is 32.1 Å². The van der Waals surface area contributed by atoms with E-state index in [0.29, 0.717) is 5.88 Å². The highest BCUT2D eigenvalue weighted by atomic mass is 35.5. The normalized spacial score (nSPS) is 15.3. The van der Waals surface area contributed by atoms with E-state index in [1.165, 1.54) is 16.8 Å². The van der Waals surface area contributed by atoms with Crippen LogP contribution in [0.3, 0.4) is 0 Å². The van der Waals surface area contributed by atoms with Crippen LogP contribution in [0.5, 0.6) is 0 Å². The number of hydrogen-bond donors (Lipinski definition) is 0. The minimum atomic E-state index is 0.575.